The monoisotopic (exact) mass is 282 g/mol. The summed E-state index contributed by atoms with van der Waals surface area (Å²) in [6.07, 6.45) is 0. The first-order chi connectivity index (χ1) is 8.92. The maximum absolute atomic E-state index is 12.2. The Morgan fingerprint density at radius 3 is 2.37 bits per heavy atom. The Morgan fingerprint density at radius 1 is 1.21 bits per heavy atom. The van der Waals surface area contributed by atoms with Crippen molar-refractivity contribution >= 4 is 11.6 Å². The van der Waals surface area contributed by atoms with E-state index < -0.39 is 24.9 Å². The molecule has 0 spiro atoms. The van der Waals surface area contributed by atoms with E-state index in [9.17, 15) is 22.4 Å². The van der Waals surface area contributed by atoms with Gasteiger partial charge in [-0.3, -0.25) is 4.79 Å². The van der Waals surface area contributed by atoms with Crippen molar-refractivity contribution < 1.29 is 31.8 Å². The van der Waals surface area contributed by atoms with Crippen molar-refractivity contribution in [3.05, 3.63) is 18.2 Å². The first-order valence-electron chi connectivity index (χ1n) is 4.96. The molecule has 0 atom stereocenters. The summed E-state index contributed by atoms with van der Waals surface area (Å²) in [7, 11) is 0. The number of amides is 1. The number of nitrogens with two attached hydrogens (primary N) is 1. The average molecular weight is 282 g/mol. The van der Waals surface area contributed by atoms with E-state index in [0.29, 0.717) is 0 Å². The number of rotatable bonds is 6. The molecule has 3 N–H and O–H groups in total. The van der Waals surface area contributed by atoms with Crippen LogP contribution in [0.4, 0.5) is 23.2 Å². The van der Waals surface area contributed by atoms with E-state index in [-0.39, 0.29) is 18.0 Å². The number of ether oxygens (including phenoxy) is 2. The number of hydrogen-bond donors (Lipinski definition) is 2. The SMILES string of the molecule is NCC(=O)Nc1ccc(OC(F)F)cc1OC(F)F. The molecule has 106 valence electrons. The minimum absolute atomic E-state index is 0.127. The molecular weight excluding hydrogens is 272 g/mol. The second-order valence-electron chi connectivity index (χ2n) is 3.17. The molecule has 1 rings (SSSR count). The minimum atomic E-state index is -3.18. The minimum Gasteiger partial charge on any atom is -0.435 e. The summed E-state index contributed by atoms with van der Waals surface area (Å²) >= 11 is 0. The molecule has 1 amide bonds. The Labute approximate surface area is 105 Å². The van der Waals surface area contributed by atoms with Crippen LogP contribution in [0.1, 0.15) is 0 Å². The van der Waals surface area contributed by atoms with Crippen LogP contribution in [-0.2, 0) is 4.79 Å². The lowest BCUT2D eigenvalue weighted by Crippen LogP contribution is -2.22. The van der Waals surface area contributed by atoms with Crippen molar-refractivity contribution in [2.75, 3.05) is 11.9 Å². The molecular formula is C10H10F4N2O3. The lowest BCUT2D eigenvalue weighted by Gasteiger charge is -2.13. The number of nitrogens with one attached hydrogen (secondary N) is 1. The highest BCUT2D eigenvalue weighted by Crippen LogP contribution is 2.31. The van der Waals surface area contributed by atoms with E-state index in [1.165, 1.54) is 0 Å². The number of hydrogen-bond acceptors (Lipinski definition) is 4. The number of alkyl halides is 4. The van der Waals surface area contributed by atoms with Crippen LogP contribution in [0.2, 0.25) is 0 Å². The van der Waals surface area contributed by atoms with Crippen molar-refractivity contribution in [1.82, 2.24) is 0 Å². The van der Waals surface area contributed by atoms with Gasteiger partial charge in [-0.2, -0.15) is 17.6 Å². The van der Waals surface area contributed by atoms with Gasteiger partial charge < -0.3 is 20.5 Å². The van der Waals surface area contributed by atoms with Gasteiger partial charge in [-0.15, -0.1) is 0 Å². The lowest BCUT2D eigenvalue weighted by molar-refractivity contribution is -0.115. The third kappa shape index (κ3) is 5.00. The second kappa shape index (κ2) is 6.78. The standard InChI is InChI=1S/C10H10F4N2O3/c11-9(12)18-5-1-2-6(16-8(17)4-15)7(3-5)19-10(13)14/h1-3,9-10H,4,15H2,(H,16,17). The van der Waals surface area contributed by atoms with Crippen LogP contribution >= 0.6 is 0 Å². The molecule has 0 aliphatic heterocycles. The van der Waals surface area contributed by atoms with Gasteiger partial charge in [0, 0.05) is 6.07 Å². The summed E-state index contributed by atoms with van der Waals surface area (Å²) in [4.78, 5) is 11.1. The van der Waals surface area contributed by atoms with Crippen molar-refractivity contribution in [2.24, 2.45) is 5.73 Å². The van der Waals surface area contributed by atoms with Gasteiger partial charge in [-0.25, -0.2) is 0 Å². The third-order valence-corrected chi connectivity index (χ3v) is 1.85. The van der Waals surface area contributed by atoms with Crippen molar-refractivity contribution in [3.63, 3.8) is 0 Å². The topological polar surface area (TPSA) is 73.6 Å². The van der Waals surface area contributed by atoms with Gasteiger partial charge in [-0.05, 0) is 12.1 Å². The number of halogens is 4. The lowest BCUT2D eigenvalue weighted by atomic mass is 10.2. The van der Waals surface area contributed by atoms with Gasteiger partial charge in [0.1, 0.15) is 5.75 Å². The van der Waals surface area contributed by atoms with Gasteiger partial charge in [-0.1, -0.05) is 0 Å². The van der Waals surface area contributed by atoms with E-state index in [1.54, 1.807) is 0 Å². The summed E-state index contributed by atoms with van der Waals surface area (Å²) < 4.78 is 56.4. The van der Waals surface area contributed by atoms with E-state index in [2.05, 4.69) is 14.8 Å². The fourth-order valence-electron chi connectivity index (χ4n) is 1.18. The first kappa shape index (κ1) is 15.0. The highest BCUT2D eigenvalue weighted by atomic mass is 19.3. The normalized spacial score (nSPS) is 10.7. The highest BCUT2D eigenvalue weighted by Gasteiger charge is 2.14. The number of anilines is 1. The van der Waals surface area contributed by atoms with E-state index in [1.807, 2.05) is 0 Å². The fourth-order valence-corrected chi connectivity index (χ4v) is 1.18. The van der Waals surface area contributed by atoms with Crippen LogP contribution in [0, 0.1) is 0 Å². The molecule has 0 aliphatic carbocycles. The first-order valence-corrected chi connectivity index (χ1v) is 4.96. The second-order valence-corrected chi connectivity index (χ2v) is 3.17. The summed E-state index contributed by atoms with van der Waals surface area (Å²) in [5.74, 6) is -1.53. The quantitative estimate of drug-likeness (QED) is 0.780. The predicted octanol–water partition coefficient (Wildman–Crippen LogP) is 1.79. The summed E-state index contributed by atoms with van der Waals surface area (Å²) in [5, 5.41) is 2.18. The molecule has 0 saturated carbocycles. The molecule has 0 unspecified atom stereocenters. The molecule has 9 heteroatoms. The molecule has 0 heterocycles. The Bertz CT molecular complexity index is 443. The Balaban J connectivity index is 2.98. The molecule has 19 heavy (non-hydrogen) atoms. The van der Waals surface area contributed by atoms with Crippen LogP contribution in [0.25, 0.3) is 0 Å². The van der Waals surface area contributed by atoms with Gasteiger partial charge in [0.15, 0.2) is 5.75 Å². The summed E-state index contributed by atoms with van der Waals surface area (Å²) in [6.45, 7) is -6.66. The predicted molar refractivity (Wildman–Crippen MR) is 57.4 cm³/mol. The van der Waals surface area contributed by atoms with E-state index in [4.69, 9.17) is 5.73 Å². The summed E-state index contributed by atoms with van der Waals surface area (Å²) in [6, 6.07) is 2.96. The number of benzene rings is 1. The fraction of sp³-hybridized carbons (Fsp3) is 0.300. The molecule has 0 aromatic heterocycles. The van der Waals surface area contributed by atoms with Gasteiger partial charge in [0.25, 0.3) is 0 Å². The maximum Gasteiger partial charge on any atom is 0.387 e. The molecule has 0 saturated heterocycles. The van der Waals surface area contributed by atoms with Gasteiger partial charge in [0.05, 0.1) is 12.2 Å². The van der Waals surface area contributed by atoms with Gasteiger partial charge >= 0.3 is 13.2 Å². The Hall–Kier alpha value is -2.03. The molecule has 0 radical (unpaired) electrons. The zero-order valence-corrected chi connectivity index (χ0v) is 9.41. The molecule has 1 aromatic carbocycles. The Kier molecular flexibility index (Phi) is 5.37. The van der Waals surface area contributed by atoms with Gasteiger partial charge in [0.2, 0.25) is 5.91 Å². The van der Waals surface area contributed by atoms with Crippen molar-refractivity contribution in [3.8, 4) is 11.5 Å². The van der Waals surface area contributed by atoms with Crippen LogP contribution < -0.4 is 20.5 Å². The maximum atomic E-state index is 12.2. The van der Waals surface area contributed by atoms with E-state index in [0.717, 1.165) is 18.2 Å². The van der Waals surface area contributed by atoms with Crippen LogP contribution in [-0.4, -0.2) is 25.7 Å². The third-order valence-electron chi connectivity index (χ3n) is 1.85. The zero-order chi connectivity index (χ0) is 14.4. The highest BCUT2D eigenvalue weighted by molar-refractivity contribution is 5.93. The molecule has 1 aromatic rings. The Morgan fingerprint density at radius 2 is 1.84 bits per heavy atom. The van der Waals surface area contributed by atoms with Crippen molar-refractivity contribution in [1.29, 1.82) is 0 Å². The largest absolute Gasteiger partial charge is 0.435 e. The van der Waals surface area contributed by atoms with Crippen LogP contribution in [0.15, 0.2) is 18.2 Å². The number of carbonyl (C=O) groups excluding carboxylic acids is 1. The van der Waals surface area contributed by atoms with E-state index >= 15 is 0 Å². The number of carbonyl (C=O) groups is 1. The molecule has 0 aliphatic rings. The van der Waals surface area contributed by atoms with Crippen molar-refractivity contribution in [2.45, 2.75) is 13.2 Å². The molecule has 5 nitrogen and oxygen atoms in total. The van der Waals surface area contributed by atoms with Crippen LogP contribution in [0.3, 0.4) is 0 Å². The van der Waals surface area contributed by atoms with Crippen LogP contribution in [0.5, 0.6) is 11.5 Å². The zero-order valence-electron chi connectivity index (χ0n) is 9.41. The average Bonchev–Trinajstić information content (AvgIpc) is 2.30. The smallest absolute Gasteiger partial charge is 0.387 e. The summed E-state index contributed by atoms with van der Waals surface area (Å²) in [5.41, 5.74) is 4.91. The molecule has 0 fully saturated rings. The molecule has 0 bridgehead atoms.